The van der Waals surface area contributed by atoms with Gasteiger partial charge in [0, 0.05) is 25.6 Å². The van der Waals surface area contributed by atoms with E-state index in [0.29, 0.717) is 5.92 Å². The Morgan fingerprint density at radius 3 is 2.83 bits per heavy atom. The number of nitrogens with zero attached hydrogens (tertiary/aromatic N) is 2. The highest BCUT2D eigenvalue weighted by Crippen LogP contribution is 2.38. The first-order chi connectivity index (χ1) is 8.85. The Kier molecular flexibility index (Phi) is 3.15. The van der Waals surface area contributed by atoms with Crippen molar-refractivity contribution in [3.63, 3.8) is 0 Å². The highest BCUT2D eigenvalue weighted by atomic mass is 32.1. The molecule has 2 aromatic rings. The van der Waals surface area contributed by atoms with Crippen molar-refractivity contribution in [3.05, 3.63) is 34.3 Å². The van der Waals surface area contributed by atoms with Crippen LogP contribution in [-0.2, 0) is 6.54 Å². The van der Waals surface area contributed by atoms with E-state index in [2.05, 4.69) is 37.4 Å². The normalized spacial score (nSPS) is 14.5. The predicted octanol–water partition coefficient (Wildman–Crippen LogP) is 3.07. The van der Waals surface area contributed by atoms with Crippen LogP contribution >= 0.6 is 11.3 Å². The molecule has 4 nitrogen and oxygen atoms in total. The van der Waals surface area contributed by atoms with Gasteiger partial charge in [-0.1, -0.05) is 0 Å². The number of hydrogen-bond acceptors (Lipinski definition) is 5. The summed E-state index contributed by atoms with van der Waals surface area (Å²) in [6.45, 7) is 0.813. The maximum atomic E-state index is 4.58. The minimum Gasteiger partial charge on any atom is -0.373 e. The fourth-order valence-corrected chi connectivity index (χ4v) is 2.46. The van der Waals surface area contributed by atoms with Gasteiger partial charge in [-0.2, -0.15) is 11.3 Å². The van der Waals surface area contributed by atoms with Gasteiger partial charge in [-0.15, -0.1) is 0 Å². The smallest absolute Gasteiger partial charge is 0.136 e. The van der Waals surface area contributed by atoms with Gasteiger partial charge in [0.2, 0.25) is 0 Å². The van der Waals surface area contributed by atoms with Crippen LogP contribution in [0.15, 0.2) is 22.9 Å². The summed E-state index contributed by atoms with van der Waals surface area (Å²) in [6.07, 6.45) is 2.44. The molecule has 1 fully saturated rings. The first-order valence-electron chi connectivity index (χ1n) is 6.17. The quantitative estimate of drug-likeness (QED) is 0.867. The molecule has 2 N–H and O–H groups in total. The monoisotopic (exact) mass is 260 g/mol. The molecule has 0 amide bonds. The number of anilines is 2. The Balaban J connectivity index is 1.75. The molecule has 1 aliphatic carbocycles. The van der Waals surface area contributed by atoms with Gasteiger partial charge < -0.3 is 10.6 Å². The molecule has 1 saturated carbocycles. The van der Waals surface area contributed by atoms with E-state index in [1.54, 1.807) is 11.3 Å². The first-order valence-corrected chi connectivity index (χ1v) is 7.11. The Morgan fingerprint density at radius 2 is 2.17 bits per heavy atom. The number of rotatable bonds is 5. The summed E-state index contributed by atoms with van der Waals surface area (Å²) in [7, 11) is 1.89. The van der Waals surface area contributed by atoms with Gasteiger partial charge in [0.25, 0.3) is 0 Å². The van der Waals surface area contributed by atoms with Crippen molar-refractivity contribution in [2.45, 2.75) is 25.3 Å². The van der Waals surface area contributed by atoms with Gasteiger partial charge in [0.1, 0.15) is 17.5 Å². The molecule has 0 radical (unpaired) electrons. The molecule has 18 heavy (non-hydrogen) atoms. The van der Waals surface area contributed by atoms with Crippen LogP contribution in [0.2, 0.25) is 0 Å². The van der Waals surface area contributed by atoms with E-state index in [4.69, 9.17) is 0 Å². The lowest BCUT2D eigenvalue weighted by molar-refractivity contribution is 0.923. The SMILES string of the molecule is CNc1cc(NCc2ccsc2)nc(C2CC2)n1. The summed E-state index contributed by atoms with van der Waals surface area (Å²) in [6, 6.07) is 4.08. The lowest BCUT2D eigenvalue weighted by Gasteiger charge is -2.08. The summed E-state index contributed by atoms with van der Waals surface area (Å²) in [5.41, 5.74) is 1.29. The van der Waals surface area contributed by atoms with Gasteiger partial charge in [-0.3, -0.25) is 0 Å². The highest BCUT2D eigenvalue weighted by molar-refractivity contribution is 7.07. The van der Waals surface area contributed by atoms with E-state index in [-0.39, 0.29) is 0 Å². The zero-order chi connectivity index (χ0) is 12.4. The topological polar surface area (TPSA) is 49.8 Å². The second-order valence-electron chi connectivity index (χ2n) is 4.51. The predicted molar refractivity (Wildman–Crippen MR) is 75.2 cm³/mol. The van der Waals surface area contributed by atoms with Crippen LogP contribution in [-0.4, -0.2) is 17.0 Å². The number of thiophene rings is 1. The maximum Gasteiger partial charge on any atom is 0.136 e. The van der Waals surface area contributed by atoms with Crippen LogP contribution < -0.4 is 10.6 Å². The van der Waals surface area contributed by atoms with Gasteiger partial charge in [0.05, 0.1) is 0 Å². The van der Waals surface area contributed by atoms with Crippen molar-refractivity contribution in [1.82, 2.24) is 9.97 Å². The summed E-state index contributed by atoms with van der Waals surface area (Å²) >= 11 is 1.72. The molecule has 5 heteroatoms. The summed E-state index contributed by atoms with van der Waals surface area (Å²) in [5.74, 6) is 3.33. The second kappa shape index (κ2) is 4.94. The van der Waals surface area contributed by atoms with Crippen LogP contribution in [0.25, 0.3) is 0 Å². The fourth-order valence-electron chi connectivity index (χ4n) is 1.79. The van der Waals surface area contributed by atoms with Crippen molar-refractivity contribution in [3.8, 4) is 0 Å². The number of aromatic nitrogens is 2. The molecule has 0 bridgehead atoms. The van der Waals surface area contributed by atoms with Gasteiger partial charge >= 0.3 is 0 Å². The molecule has 0 aromatic carbocycles. The maximum absolute atomic E-state index is 4.58. The average molecular weight is 260 g/mol. The van der Waals surface area contributed by atoms with Crippen molar-refractivity contribution in [2.24, 2.45) is 0 Å². The Labute approximate surface area is 110 Å². The molecule has 3 rings (SSSR count). The molecule has 94 valence electrons. The minimum atomic E-state index is 0.569. The van der Waals surface area contributed by atoms with Crippen LogP contribution in [0, 0.1) is 0 Å². The van der Waals surface area contributed by atoms with E-state index < -0.39 is 0 Å². The third-order valence-corrected chi connectivity index (χ3v) is 3.73. The van der Waals surface area contributed by atoms with E-state index >= 15 is 0 Å². The zero-order valence-electron chi connectivity index (χ0n) is 10.3. The lowest BCUT2D eigenvalue weighted by Crippen LogP contribution is -2.05. The first kappa shape index (κ1) is 11.5. The summed E-state index contributed by atoms with van der Waals surface area (Å²) in [4.78, 5) is 9.08. The summed E-state index contributed by atoms with van der Waals surface area (Å²) in [5, 5.41) is 10.7. The Hall–Kier alpha value is -1.62. The molecule has 0 saturated heterocycles. The standard InChI is InChI=1S/C13H16N4S/c1-14-11-6-12(15-7-9-4-5-18-8-9)17-13(16-11)10-2-3-10/h4-6,8,10H,2-3,7H2,1H3,(H2,14,15,16,17). The molecule has 2 aromatic heterocycles. The molecule has 0 atom stereocenters. The second-order valence-corrected chi connectivity index (χ2v) is 5.29. The zero-order valence-corrected chi connectivity index (χ0v) is 11.1. The third kappa shape index (κ3) is 2.61. The lowest BCUT2D eigenvalue weighted by atomic mass is 10.3. The van der Waals surface area contributed by atoms with Crippen molar-refractivity contribution in [1.29, 1.82) is 0 Å². The molecule has 0 spiro atoms. The Bertz CT molecular complexity index is 520. The van der Waals surface area contributed by atoms with E-state index in [9.17, 15) is 0 Å². The van der Waals surface area contributed by atoms with Gasteiger partial charge in [-0.05, 0) is 35.2 Å². The number of nitrogens with one attached hydrogen (secondary N) is 2. The molecule has 0 unspecified atom stereocenters. The Morgan fingerprint density at radius 1 is 1.33 bits per heavy atom. The average Bonchev–Trinajstić information content (AvgIpc) is 3.13. The fraction of sp³-hybridized carbons (Fsp3) is 0.385. The van der Waals surface area contributed by atoms with Crippen LogP contribution in [0.4, 0.5) is 11.6 Å². The van der Waals surface area contributed by atoms with E-state index in [0.717, 1.165) is 24.0 Å². The largest absolute Gasteiger partial charge is 0.373 e. The third-order valence-electron chi connectivity index (χ3n) is 3.00. The molecular weight excluding hydrogens is 244 g/mol. The summed E-state index contributed by atoms with van der Waals surface area (Å²) < 4.78 is 0. The molecule has 2 heterocycles. The van der Waals surface area contributed by atoms with Crippen LogP contribution in [0.5, 0.6) is 0 Å². The van der Waals surface area contributed by atoms with Gasteiger partial charge in [-0.25, -0.2) is 9.97 Å². The van der Waals surface area contributed by atoms with Crippen LogP contribution in [0.3, 0.4) is 0 Å². The van der Waals surface area contributed by atoms with Crippen molar-refractivity contribution >= 4 is 23.0 Å². The number of hydrogen-bond donors (Lipinski definition) is 2. The van der Waals surface area contributed by atoms with Crippen molar-refractivity contribution < 1.29 is 0 Å². The van der Waals surface area contributed by atoms with Crippen molar-refractivity contribution in [2.75, 3.05) is 17.7 Å². The molecular formula is C13H16N4S. The molecule has 1 aliphatic rings. The minimum absolute atomic E-state index is 0.569. The van der Waals surface area contributed by atoms with Crippen LogP contribution in [0.1, 0.15) is 30.1 Å². The molecule has 0 aliphatic heterocycles. The van der Waals surface area contributed by atoms with E-state index in [1.807, 2.05) is 13.1 Å². The van der Waals surface area contributed by atoms with E-state index in [1.165, 1.54) is 18.4 Å². The van der Waals surface area contributed by atoms with Gasteiger partial charge in [0.15, 0.2) is 0 Å². The highest BCUT2D eigenvalue weighted by Gasteiger charge is 2.27.